The number of hydrogen-bond acceptors (Lipinski definition) is 0. The summed E-state index contributed by atoms with van der Waals surface area (Å²) in [6.45, 7) is 4.60. The average molecular weight is 361 g/mol. The molecule has 0 aromatic heterocycles. The zero-order valence-electron chi connectivity index (χ0n) is 17.3. The van der Waals surface area contributed by atoms with Gasteiger partial charge in [-0.1, -0.05) is 156 Å². The van der Waals surface area contributed by atoms with Gasteiger partial charge in [0.05, 0.1) is 0 Å². The predicted molar refractivity (Wildman–Crippen MR) is 118 cm³/mol. The summed E-state index contributed by atoms with van der Waals surface area (Å²) in [5, 5.41) is 0. The first-order chi connectivity index (χ1) is 11.4. The molecule has 1 heteroatoms. The predicted octanol–water partition coefficient (Wildman–Crippen LogP) is 10.0. The molecule has 0 radical (unpaired) electrons. The van der Waals surface area contributed by atoms with E-state index in [-0.39, 0.29) is 12.1 Å². The second-order valence-electron chi connectivity index (χ2n) is 7.72. The van der Waals surface area contributed by atoms with Gasteiger partial charge in [0, 0.05) is 0 Å². The van der Waals surface area contributed by atoms with E-state index in [4.69, 9.17) is 0 Å². The van der Waals surface area contributed by atoms with Gasteiger partial charge in [-0.15, -0.1) is 0 Å². The van der Waals surface area contributed by atoms with Gasteiger partial charge in [-0.05, 0) is 0 Å². The molecule has 0 saturated heterocycles. The molecular weight excluding hydrogens is 307 g/mol. The standard InChI is InChI=1S/C23H48.CH4.FH/c1-3-5-7-9-11-13-15-17-19-21-23-22-20-18-16-14-12-10-8-6-4-2;;/h3-23H2,1-2H3;1H4;1H. The Morgan fingerprint density at radius 1 is 0.280 bits per heavy atom. The van der Waals surface area contributed by atoms with Crippen molar-refractivity contribution < 1.29 is 4.70 Å². The van der Waals surface area contributed by atoms with Gasteiger partial charge in [-0.3, -0.25) is 4.70 Å². The second kappa shape index (κ2) is 28.7. The summed E-state index contributed by atoms with van der Waals surface area (Å²) in [5.41, 5.74) is 0. The van der Waals surface area contributed by atoms with Crippen LogP contribution >= 0.6 is 0 Å². The van der Waals surface area contributed by atoms with Crippen molar-refractivity contribution in [3.05, 3.63) is 0 Å². The van der Waals surface area contributed by atoms with E-state index in [1.54, 1.807) is 0 Å². The lowest BCUT2D eigenvalue weighted by atomic mass is 10.0. The quantitative estimate of drug-likeness (QED) is 0.189. The molecule has 0 spiro atoms. The van der Waals surface area contributed by atoms with Crippen LogP contribution in [0.4, 0.5) is 4.70 Å². The van der Waals surface area contributed by atoms with E-state index in [1.165, 1.54) is 135 Å². The fraction of sp³-hybridized carbons (Fsp3) is 1.00. The van der Waals surface area contributed by atoms with Crippen molar-refractivity contribution in [1.29, 1.82) is 0 Å². The molecule has 25 heavy (non-hydrogen) atoms. The van der Waals surface area contributed by atoms with Crippen molar-refractivity contribution in [1.82, 2.24) is 0 Å². The lowest BCUT2D eigenvalue weighted by molar-refractivity contribution is 0.521. The third-order valence-electron chi connectivity index (χ3n) is 5.21. The molecule has 0 aliphatic rings. The molecule has 0 aromatic carbocycles. The molecule has 0 bridgehead atoms. The van der Waals surface area contributed by atoms with Crippen molar-refractivity contribution in [2.24, 2.45) is 0 Å². The summed E-state index contributed by atoms with van der Waals surface area (Å²) in [4.78, 5) is 0. The van der Waals surface area contributed by atoms with E-state index in [0.717, 1.165) is 0 Å². The fourth-order valence-electron chi connectivity index (χ4n) is 3.51. The largest absolute Gasteiger partial charge is 0.269 e. The Labute approximate surface area is 161 Å². The summed E-state index contributed by atoms with van der Waals surface area (Å²) in [6, 6.07) is 0. The van der Waals surface area contributed by atoms with E-state index >= 15 is 0 Å². The first-order valence-corrected chi connectivity index (χ1v) is 11.4. The molecule has 0 atom stereocenters. The molecule has 0 aromatic rings. The summed E-state index contributed by atoms with van der Waals surface area (Å²) in [5.74, 6) is 0. The van der Waals surface area contributed by atoms with E-state index in [1.807, 2.05) is 0 Å². The Hall–Kier alpha value is -0.0700. The minimum absolute atomic E-state index is 0. The van der Waals surface area contributed by atoms with E-state index in [2.05, 4.69) is 13.8 Å². The number of halogens is 1. The van der Waals surface area contributed by atoms with Crippen LogP contribution in [-0.2, 0) is 0 Å². The van der Waals surface area contributed by atoms with E-state index < -0.39 is 0 Å². The molecule has 0 saturated carbocycles. The maximum Gasteiger partial charge on any atom is -0.0533 e. The minimum atomic E-state index is 0. The van der Waals surface area contributed by atoms with Crippen LogP contribution in [0.1, 0.15) is 156 Å². The van der Waals surface area contributed by atoms with Crippen molar-refractivity contribution in [2.75, 3.05) is 0 Å². The third-order valence-corrected chi connectivity index (χ3v) is 5.21. The van der Waals surface area contributed by atoms with Gasteiger partial charge in [-0.25, -0.2) is 0 Å². The number of unbranched alkanes of at least 4 members (excludes halogenated alkanes) is 20. The molecule has 0 amide bonds. The van der Waals surface area contributed by atoms with Gasteiger partial charge in [0.1, 0.15) is 0 Å². The topological polar surface area (TPSA) is 0 Å². The Balaban J connectivity index is -0.00000242. The zero-order valence-corrected chi connectivity index (χ0v) is 17.3. The summed E-state index contributed by atoms with van der Waals surface area (Å²) in [7, 11) is 0. The summed E-state index contributed by atoms with van der Waals surface area (Å²) in [6.07, 6.45) is 30.9. The zero-order chi connectivity index (χ0) is 16.8. The van der Waals surface area contributed by atoms with Gasteiger partial charge < -0.3 is 0 Å². The highest BCUT2D eigenvalue weighted by Crippen LogP contribution is 2.14. The molecule has 0 nitrogen and oxygen atoms in total. The first-order valence-electron chi connectivity index (χ1n) is 11.4. The average Bonchev–Trinajstić information content (AvgIpc) is 2.57. The molecule has 0 rings (SSSR count). The van der Waals surface area contributed by atoms with Gasteiger partial charge in [-0.2, -0.15) is 0 Å². The monoisotopic (exact) mass is 360 g/mol. The molecule has 0 fully saturated rings. The van der Waals surface area contributed by atoms with E-state index in [0.29, 0.717) is 0 Å². The SMILES string of the molecule is C.CCCCCCCCCCCCCCCCCCCCCCC.F. The number of hydrogen-bond donors (Lipinski definition) is 0. The smallest absolute Gasteiger partial charge is 0.0533 e. The minimum Gasteiger partial charge on any atom is -0.269 e. The highest BCUT2D eigenvalue weighted by molar-refractivity contribution is 4.50. The van der Waals surface area contributed by atoms with Crippen LogP contribution in [0.2, 0.25) is 0 Å². The van der Waals surface area contributed by atoms with Gasteiger partial charge in [0.15, 0.2) is 0 Å². The van der Waals surface area contributed by atoms with Crippen molar-refractivity contribution in [3.8, 4) is 0 Å². The van der Waals surface area contributed by atoms with Crippen LogP contribution in [-0.4, -0.2) is 0 Å². The molecule has 156 valence electrons. The maximum atomic E-state index is 2.30. The molecule has 0 aliphatic carbocycles. The van der Waals surface area contributed by atoms with Crippen LogP contribution in [0, 0.1) is 0 Å². The van der Waals surface area contributed by atoms with Crippen molar-refractivity contribution in [3.63, 3.8) is 0 Å². The Morgan fingerprint density at radius 2 is 0.400 bits per heavy atom. The normalized spacial score (nSPS) is 10.3. The summed E-state index contributed by atoms with van der Waals surface area (Å²) >= 11 is 0. The maximum absolute atomic E-state index is 2.30. The van der Waals surface area contributed by atoms with Crippen LogP contribution in [0.3, 0.4) is 0 Å². The molecular formula is C24H53F. The summed E-state index contributed by atoms with van der Waals surface area (Å²) < 4.78 is 0. The Morgan fingerprint density at radius 3 is 0.520 bits per heavy atom. The highest BCUT2D eigenvalue weighted by atomic mass is 19.0. The molecule has 0 heterocycles. The van der Waals surface area contributed by atoms with E-state index in [9.17, 15) is 0 Å². The lowest BCUT2D eigenvalue weighted by Crippen LogP contribution is -1.84. The first kappa shape index (κ1) is 29.7. The van der Waals surface area contributed by atoms with Gasteiger partial charge in [0.25, 0.3) is 0 Å². The lowest BCUT2D eigenvalue weighted by Gasteiger charge is -2.04. The van der Waals surface area contributed by atoms with Crippen LogP contribution in [0.15, 0.2) is 0 Å². The molecule has 0 unspecified atom stereocenters. The molecule has 0 N–H and O–H groups in total. The van der Waals surface area contributed by atoms with Crippen LogP contribution in [0.5, 0.6) is 0 Å². The van der Waals surface area contributed by atoms with Crippen LogP contribution < -0.4 is 0 Å². The number of rotatable bonds is 20. The third kappa shape index (κ3) is 29.0. The Bertz CT molecular complexity index is 171. The Kier molecular flexibility index (Phi) is 34.1. The van der Waals surface area contributed by atoms with Gasteiger partial charge in [0.2, 0.25) is 0 Å². The van der Waals surface area contributed by atoms with Crippen molar-refractivity contribution >= 4 is 0 Å². The second-order valence-corrected chi connectivity index (χ2v) is 7.72. The fourth-order valence-corrected chi connectivity index (χ4v) is 3.51. The highest BCUT2D eigenvalue weighted by Gasteiger charge is 1.95. The van der Waals surface area contributed by atoms with Crippen LogP contribution in [0.25, 0.3) is 0 Å². The van der Waals surface area contributed by atoms with Crippen molar-refractivity contribution in [2.45, 2.75) is 156 Å². The molecule has 0 aliphatic heterocycles. The van der Waals surface area contributed by atoms with Gasteiger partial charge >= 0.3 is 0 Å².